The summed E-state index contributed by atoms with van der Waals surface area (Å²) in [4.78, 5) is 4.29. The molecule has 0 saturated heterocycles. The molecule has 1 aliphatic carbocycles. The van der Waals surface area contributed by atoms with Crippen molar-refractivity contribution in [3.63, 3.8) is 0 Å². The summed E-state index contributed by atoms with van der Waals surface area (Å²) in [5.74, 6) is 1.72. The summed E-state index contributed by atoms with van der Waals surface area (Å²) in [6.07, 6.45) is 8.24. The SMILES string of the molecule is CC1CCCC(Nc2ncccc2N)CC1. The Morgan fingerprint density at radius 2 is 2.19 bits per heavy atom. The molecule has 16 heavy (non-hydrogen) atoms. The standard InChI is InChI=1S/C13H21N3/c1-10-4-2-5-11(8-7-10)16-13-12(14)6-3-9-15-13/h3,6,9-11H,2,4-5,7-8,14H2,1H3,(H,15,16). The maximum atomic E-state index is 5.88. The summed E-state index contributed by atoms with van der Waals surface area (Å²) in [6.45, 7) is 2.34. The number of hydrogen-bond donors (Lipinski definition) is 2. The van der Waals surface area contributed by atoms with Crippen LogP contribution in [-0.4, -0.2) is 11.0 Å². The molecule has 1 aliphatic rings. The summed E-state index contributed by atoms with van der Waals surface area (Å²) in [6, 6.07) is 4.31. The van der Waals surface area contributed by atoms with Gasteiger partial charge in [0.25, 0.3) is 0 Å². The topological polar surface area (TPSA) is 50.9 Å². The van der Waals surface area contributed by atoms with E-state index in [2.05, 4.69) is 17.2 Å². The van der Waals surface area contributed by atoms with Crippen molar-refractivity contribution >= 4 is 11.5 Å². The van der Waals surface area contributed by atoms with E-state index in [0.29, 0.717) is 6.04 Å². The fourth-order valence-electron chi connectivity index (χ4n) is 2.36. The molecule has 1 aromatic rings. The highest BCUT2D eigenvalue weighted by Gasteiger charge is 2.16. The zero-order chi connectivity index (χ0) is 11.4. The molecule has 1 aromatic heterocycles. The third kappa shape index (κ3) is 2.87. The van der Waals surface area contributed by atoms with E-state index in [1.54, 1.807) is 6.20 Å². The Bertz CT molecular complexity index is 338. The molecular weight excluding hydrogens is 198 g/mol. The number of nitrogens with two attached hydrogens (primary N) is 1. The highest BCUT2D eigenvalue weighted by Crippen LogP contribution is 2.25. The first kappa shape index (κ1) is 11.2. The summed E-state index contributed by atoms with van der Waals surface area (Å²) >= 11 is 0. The predicted molar refractivity (Wildman–Crippen MR) is 68.3 cm³/mol. The molecule has 3 nitrogen and oxygen atoms in total. The highest BCUT2D eigenvalue weighted by atomic mass is 15.0. The predicted octanol–water partition coefficient (Wildman–Crippen LogP) is 3.04. The summed E-state index contributed by atoms with van der Waals surface area (Å²) in [5.41, 5.74) is 6.63. The molecule has 0 spiro atoms. The van der Waals surface area contributed by atoms with Crippen molar-refractivity contribution < 1.29 is 0 Å². The number of aromatic nitrogens is 1. The van der Waals surface area contributed by atoms with Crippen LogP contribution in [0.3, 0.4) is 0 Å². The quantitative estimate of drug-likeness (QED) is 0.752. The van der Waals surface area contributed by atoms with Gasteiger partial charge in [-0.15, -0.1) is 0 Å². The van der Waals surface area contributed by atoms with Crippen molar-refractivity contribution in [3.8, 4) is 0 Å². The van der Waals surface area contributed by atoms with Crippen molar-refractivity contribution in [2.24, 2.45) is 5.92 Å². The molecule has 3 N–H and O–H groups in total. The average molecular weight is 219 g/mol. The fraction of sp³-hybridized carbons (Fsp3) is 0.615. The van der Waals surface area contributed by atoms with Gasteiger partial charge in [0.1, 0.15) is 5.82 Å². The van der Waals surface area contributed by atoms with Gasteiger partial charge < -0.3 is 11.1 Å². The zero-order valence-corrected chi connectivity index (χ0v) is 9.95. The molecule has 0 aromatic carbocycles. The number of nitrogens with one attached hydrogen (secondary N) is 1. The van der Waals surface area contributed by atoms with Crippen molar-refractivity contribution in [2.75, 3.05) is 11.1 Å². The molecule has 2 rings (SSSR count). The maximum absolute atomic E-state index is 5.88. The summed E-state index contributed by atoms with van der Waals surface area (Å²) < 4.78 is 0. The normalized spacial score (nSPS) is 26.1. The number of rotatable bonds is 2. The van der Waals surface area contributed by atoms with Gasteiger partial charge in [-0.1, -0.05) is 19.8 Å². The van der Waals surface area contributed by atoms with E-state index in [-0.39, 0.29) is 0 Å². The maximum Gasteiger partial charge on any atom is 0.149 e. The lowest BCUT2D eigenvalue weighted by Crippen LogP contribution is -2.20. The Morgan fingerprint density at radius 1 is 1.31 bits per heavy atom. The van der Waals surface area contributed by atoms with E-state index >= 15 is 0 Å². The highest BCUT2D eigenvalue weighted by molar-refractivity contribution is 5.60. The van der Waals surface area contributed by atoms with Crippen LogP contribution in [0, 0.1) is 5.92 Å². The van der Waals surface area contributed by atoms with Crippen LogP contribution in [0.4, 0.5) is 11.5 Å². The molecule has 3 heteroatoms. The molecule has 0 bridgehead atoms. The third-order valence-electron chi connectivity index (χ3n) is 3.44. The Balaban J connectivity index is 1.96. The Morgan fingerprint density at radius 3 is 3.00 bits per heavy atom. The Labute approximate surface area is 97.5 Å². The lowest BCUT2D eigenvalue weighted by atomic mass is 10.0. The van der Waals surface area contributed by atoms with E-state index in [1.165, 1.54) is 32.1 Å². The van der Waals surface area contributed by atoms with Crippen LogP contribution in [0.15, 0.2) is 18.3 Å². The second-order valence-corrected chi connectivity index (χ2v) is 4.90. The minimum absolute atomic E-state index is 0.544. The van der Waals surface area contributed by atoms with Crippen LogP contribution >= 0.6 is 0 Å². The largest absolute Gasteiger partial charge is 0.396 e. The molecule has 1 fully saturated rings. The first-order chi connectivity index (χ1) is 7.75. The van der Waals surface area contributed by atoms with Gasteiger partial charge in [0.05, 0.1) is 5.69 Å². The van der Waals surface area contributed by atoms with Crippen molar-refractivity contribution in [3.05, 3.63) is 18.3 Å². The van der Waals surface area contributed by atoms with Gasteiger partial charge >= 0.3 is 0 Å². The van der Waals surface area contributed by atoms with Crippen LogP contribution in [-0.2, 0) is 0 Å². The summed E-state index contributed by atoms with van der Waals surface area (Å²) in [7, 11) is 0. The zero-order valence-electron chi connectivity index (χ0n) is 9.95. The second kappa shape index (κ2) is 5.19. The van der Waals surface area contributed by atoms with E-state index in [9.17, 15) is 0 Å². The van der Waals surface area contributed by atoms with Crippen LogP contribution in [0.5, 0.6) is 0 Å². The molecule has 1 saturated carbocycles. The van der Waals surface area contributed by atoms with Crippen molar-refractivity contribution in [1.29, 1.82) is 0 Å². The van der Waals surface area contributed by atoms with Gasteiger partial charge in [0, 0.05) is 12.2 Å². The van der Waals surface area contributed by atoms with E-state index in [1.807, 2.05) is 12.1 Å². The molecular formula is C13H21N3. The van der Waals surface area contributed by atoms with Gasteiger partial charge in [-0.25, -0.2) is 4.98 Å². The first-order valence-corrected chi connectivity index (χ1v) is 6.22. The van der Waals surface area contributed by atoms with Crippen LogP contribution in [0.2, 0.25) is 0 Å². The van der Waals surface area contributed by atoms with Gasteiger partial charge in [0.15, 0.2) is 0 Å². The molecule has 1 heterocycles. The minimum Gasteiger partial charge on any atom is -0.396 e. The van der Waals surface area contributed by atoms with E-state index < -0.39 is 0 Å². The van der Waals surface area contributed by atoms with Crippen LogP contribution in [0.25, 0.3) is 0 Å². The summed E-state index contributed by atoms with van der Waals surface area (Å²) in [5, 5.41) is 3.47. The average Bonchev–Trinajstić information content (AvgIpc) is 2.47. The number of nitrogens with zero attached hydrogens (tertiary/aromatic N) is 1. The lowest BCUT2D eigenvalue weighted by Gasteiger charge is -2.17. The molecule has 88 valence electrons. The van der Waals surface area contributed by atoms with Gasteiger partial charge in [-0.2, -0.15) is 0 Å². The first-order valence-electron chi connectivity index (χ1n) is 6.22. The number of pyridine rings is 1. The molecule has 0 radical (unpaired) electrons. The molecule has 2 unspecified atom stereocenters. The number of anilines is 2. The monoisotopic (exact) mass is 219 g/mol. The Hall–Kier alpha value is -1.25. The molecule has 2 atom stereocenters. The smallest absolute Gasteiger partial charge is 0.149 e. The van der Waals surface area contributed by atoms with Gasteiger partial charge in [0.2, 0.25) is 0 Å². The van der Waals surface area contributed by atoms with Crippen LogP contribution in [0.1, 0.15) is 39.0 Å². The van der Waals surface area contributed by atoms with Gasteiger partial charge in [-0.3, -0.25) is 0 Å². The lowest BCUT2D eigenvalue weighted by molar-refractivity contribution is 0.502. The fourth-order valence-corrected chi connectivity index (χ4v) is 2.36. The number of hydrogen-bond acceptors (Lipinski definition) is 3. The Kier molecular flexibility index (Phi) is 3.65. The van der Waals surface area contributed by atoms with Crippen LogP contribution < -0.4 is 11.1 Å². The van der Waals surface area contributed by atoms with Crippen molar-refractivity contribution in [2.45, 2.75) is 45.1 Å². The molecule has 0 aliphatic heterocycles. The second-order valence-electron chi connectivity index (χ2n) is 4.90. The minimum atomic E-state index is 0.544. The molecule has 0 amide bonds. The van der Waals surface area contributed by atoms with E-state index in [0.717, 1.165) is 17.4 Å². The van der Waals surface area contributed by atoms with Crippen molar-refractivity contribution in [1.82, 2.24) is 4.98 Å². The van der Waals surface area contributed by atoms with E-state index in [4.69, 9.17) is 5.73 Å². The number of nitrogen functional groups attached to an aromatic ring is 1. The third-order valence-corrected chi connectivity index (χ3v) is 3.44. The van der Waals surface area contributed by atoms with Gasteiger partial charge in [-0.05, 0) is 37.3 Å².